The van der Waals surface area contributed by atoms with Crippen LogP contribution in [0.4, 0.5) is 0 Å². The largest absolute Gasteiger partial charge is 0.457 e. The van der Waals surface area contributed by atoms with E-state index in [9.17, 15) is 19.2 Å². The molecule has 0 spiro atoms. The summed E-state index contributed by atoms with van der Waals surface area (Å²) < 4.78 is 5.78. The lowest BCUT2D eigenvalue weighted by Crippen LogP contribution is -2.61. The number of ether oxygens (including phenoxy) is 1. The van der Waals surface area contributed by atoms with Crippen LogP contribution in [0.25, 0.3) is 16.8 Å². The number of carbonyl (C=O) groups excluding carboxylic acids is 4. The zero-order valence-electron chi connectivity index (χ0n) is 24.6. The van der Waals surface area contributed by atoms with Gasteiger partial charge in [-0.25, -0.2) is 5.43 Å². The molecule has 0 aromatic heterocycles. The summed E-state index contributed by atoms with van der Waals surface area (Å²) in [6.45, 7) is 13.1. The Morgan fingerprint density at radius 3 is 2.49 bits per heavy atom. The van der Waals surface area contributed by atoms with Crippen LogP contribution in [-0.4, -0.2) is 53.4 Å². The minimum Gasteiger partial charge on any atom is -0.457 e. The highest BCUT2D eigenvalue weighted by molar-refractivity contribution is 5.92. The van der Waals surface area contributed by atoms with Gasteiger partial charge in [0.05, 0.1) is 0 Å². The molecule has 0 saturated carbocycles. The minimum atomic E-state index is -0.865. The van der Waals surface area contributed by atoms with Gasteiger partial charge in [-0.2, -0.15) is 0 Å². The standard InChI is InChI=1S/C32H42N4O5/c1-7-9-12-28(37)34-29(20(3)4)30(38)33-21(5)31(39)36-17-10-11-27(35-36)32(40)41-22(6)25-16-15-24-14-13-23(8-2)18-26(24)19-25/h7-9,13-16,18-22,27,29,35H,2,10-12,17H2,1,3-6H3,(H,33,38)(H,34,37)/b9-7+/t21-,22+,27-,29-/m0/s1. The molecule has 220 valence electrons. The van der Waals surface area contributed by atoms with Crippen molar-refractivity contribution in [2.24, 2.45) is 5.92 Å². The Labute approximate surface area is 242 Å². The monoisotopic (exact) mass is 562 g/mol. The molecule has 1 fully saturated rings. The first-order valence-corrected chi connectivity index (χ1v) is 14.2. The molecular formula is C32H42N4O5. The van der Waals surface area contributed by atoms with E-state index in [0.29, 0.717) is 19.4 Å². The highest BCUT2D eigenvalue weighted by Crippen LogP contribution is 2.25. The first kappa shape index (κ1) is 31.5. The number of hydrogen-bond acceptors (Lipinski definition) is 6. The molecule has 2 aromatic rings. The molecule has 0 unspecified atom stereocenters. The SMILES string of the molecule is C=Cc1ccc2ccc([C@@H](C)OC(=O)[C@@H]3CCCN(C(=O)[C@H](C)NC(=O)[C@@H](NC(=O)C/C=C/C)C(C)C)N3)cc2c1. The summed E-state index contributed by atoms with van der Waals surface area (Å²) >= 11 is 0. The number of esters is 1. The molecule has 4 atom stereocenters. The molecule has 3 N–H and O–H groups in total. The van der Waals surface area contributed by atoms with E-state index in [1.165, 1.54) is 5.01 Å². The van der Waals surface area contributed by atoms with E-state index in [4.69, 9.17) is 4.74 Å². The average molecular weight is 563 g/mol. The molecule has 9 heteroatoms. The average Bonchev–Trinajstić information content (AvgIpc) is 2.97. The van der Waals surface area contributed by atoms with Crippen LogP contribution < -0.4 is 16.1 Å². The van der Waals surface area contributed by atoms with Crippen molar-refractivity contribution < 1.29 is 23.9 Å². The number of nitrogens with zero attached hydrogens (tertiary/aromatic N) is 1. The molecule has 9 nitrogen and oxygen atoms in total. The van der Waals surface area contributed by atoms with Gasteiger partial charge in [0.15, 0.2) is 0 Å². The van der Waals surface area contributed by atoms with Gasteiger partial charge in [-0.3, -0.25) is 24.2 Å². The summed E-state index contributed by atoms with van der Waals surface area (Å²) in [6, 6.07) is 9.66. The van der Waals surface area contributed by atoms with Gasteiger partial charge in [0.2, 0.25) is 11.8 Å². The second-order valence-electron chi connectivity index (χ2n) is 10.8. The lowest BCUT2D eigenvalue weighted by molar-refractivity contribution is -0.157. The normalized spacial score (nSPS) is 17.6. The van der Waals surface area contributed by atoms with Crippen LogP contribution in [-0.2, 0) is 23.9 Å². The Kier molecular flexibility index (Phi) is 11.2. The van der Waals surface area contributed by atoms with Gasteiger partial charge in [0.1, 0.15) is 24.2 Å². The number of benzene rings is 2. The second-order valence-corrected chi connectivity index (χ2v) is 10.8. The maximum Gasteiger partial charge on any atom is 0.325 e. The molecule has 41 heavy (non-hydrogen) atoms. The van der Waals surface area contributed by atoms with Crippen LogP contribution in [0.15, 0.2) is 55.1 Å². The van der Waals surface area contributed by atoms with Gasteiger partial charge in [-0.05, 0) is 73.6 Å². The summed E-state index contributed by atoms with van der Waals surface area (Å²) in [7, 11) is 0. The molecule has 1 saturated heterocycles. The smallest absolute Gasteiger partial charge is 0.325 e. The van der Waals surface area contributed by atoms with E-state index in [-0.39, 0.29) is 24.2 Å². The van der Waals surface area contributed by atoms with E-state index in [0.717, 1.165) is 21.9 Å². The van der Waals surface area contributed by atoms with Gasteiger partial charge in [0.25, 0.3) is 5.91 Å². The summed E-state index contributed by atoms with van der Waals surface area (Å²) in [5.41, 5.74) is 4.86. The predicted octanol–water partition coefficient (Wildman–Crippen LogP) is 4.19. The van der Waals surface area contributed by atoms with Crippen molar-refractivity contribution in [2.45, 2.75) is 78.1 Å². The van der Waals surface area contributed by atoms with Crippen LogP contribution >= 0.6 is 0 Å². The Hall–Kier alpha value is -3.98. The van der Waals surface area contributed by atoms with Crippen molar-refractivity contribution in [3.8, 4) is 0 Å². The topological polar surface area (TPSA) is 117 Å². The number of nitrogens with one attached hydrogen (secondary N) is 3. The number of allylic oxidation sites excluding steroid dienone is 1. The number of amides is 3. The molecule has 3 rings (SSSR count). The van der Waals surface area contributed by atoms with Gasteiger partial charge in [-0.15, -0.1) is 0 Å². The fourth-order valence-corrected chi connectivity index (χ4v) is 4.69. The number of rotatable bonds is 11. The minimum absolute atomic E-state index is 0.173. The van der Waals surface area contributed by atoms with Crippen LogP contribution in [0.1, 0.15) is 71.1 Å². The Morgan fingerprint density at radius 1 is 1.07 bits per heavy atom. The highest BCUT2D eigenvalue weighted by Gasteiger charge is 2.33. The molecule has 1 aliphatic rings. The molecule has 0 aliphatic carbocycles. The van der Waals surface area contributed by atoms with E-state index in [1.54, 1.807) is 25.2 Å². The lowest BCUT2D eigenvalue weighted by atomic mass is 10.0. The summed E-state index contributed by atoms with van der Waals surface area (Å²) in [5, 5.41) is 8.93. The van der Waals surface area contributed by atoms with Crippen molar-refractivity contribution in [2.75, 3.05) is 6.54 Å². The predicted molar refractivity (Wildman–Crippen MR) is 160 cm³/mol. The van der Waals surface area contributed by atoms with Gasteiger partial charge in [-0.1, -0.05) is 62.9 Å². The summed E-state index contributed by atoms with van der Waals surface area (Å²) in [6.07, 6.45) is 6.07. The molecule has 2 aromatic carbocycles. The fourth-order valence-electron chi connectivity index (χ4n) is 4.69. The van der Waals surface area contributed by atoms with Crippen molar-refractivity contribution >= 4 is 40.5 Å². The molecule has 0 bridgehead atoms. The van der Waals surface area contributed by atoms with E-state index < -0.39 is 36.1 Å². The van der Waals surface area contributed by atoms with Crippen LogP contribution in [0.3, 0.4) is 0 Å². The third-order valence-corrected chi connectivity index (χ3v) is 7.16. The maximum atomic E-state index is 13.2. The fraction of sp³-hybridized carbons (Fsp3) is 0.438. The lowest BCUT2D eigenvalue weighted by Gasteiger charge is -2.35. The van der Waals surface area contributed by atoms with Gasteiger partial charge in [0, 0.05) is 13.0 Å². The Balaban J connectivity index is 1.58. The summed E-state index contributed by atoms with van der Waals surface area (Å²) in [5.74, 6) is -1.70. The van der Waals surface area contributed by atoms with Crippen LogP contribution in [0, 0.1) is 5.92 Å². The van der Waals surface area contributed by atoms with Crippen LogP contribution in [0.2, 0.25) is 0 Å². The van der Waals surface area contributed by atoms with E-state index >= 15 is 0 Å². The van der Waals surface area contributed by atoms with Gasteiger partial charge >= 0.3 is 5.97 Å². The zero-order valence-corrected chi connectivity index (χ0v) is 24.6. The number of fused-ring (bicyclic) bond motifs is 1. The first-order valence-electron chi connectivity index (χ1n) is 14.2. The highest BCUT2D eigenvalue weighted by atomic mass is 16.5. The molecule has 1 heterocycles. The van der Waals surface area contributed by atoms with Crippen molar-refractivity contribution in [3.05, 3.63) is 66.3 Å². The molecule has 0 radical (unpaired) electrons. The van der Waals surface area contributed by atoms with Crippen molar-refractivity contribution in [1.82, 2.24) is 21.1 Å². The zero-order chi connectivity index (χ0) is 30.1. The van der Waals surface area contributed by atoms with Crippen LogP contribution in [0.5, 0.6) is 0 Å². The van der Waals surface area contributed by atoms with Crippen molar-refractivity contribution in [3.63, 3.8) is 0 Å². The molecular weight excluding hydrogens is 520 g/mol. The summed E-state index contributed by atoms with van der Waals surface area (Å²) in [4.78, 5) is 51.3. The third-order valence-electron chi connectivity index (χ3n) is 7.16. The molecule has 3 amide bonds. The third kappa shape index (κ3) is 8.50. The molecule has 1 aliphatic heterocycles. The number of hydrogen-bond donors (Lipinski definition) is 3. The number of hydrazine groups is 1. The van der Waals surface area contributed by atoms with Gasteiger partial charge < -0.3 is 15.4 Å². The van der Waals surface area contributed by atoms with E-state index in [2.05, 4.69) is 22.6 Å². The van der Waals surface area contributed by atoms with E-state index in [1.807, 2.05) is 64.1 Å². The second kappa shape index (κ2) is 14.6. The maximum absolute atomic E-state index is 13.2. The Bertz CT molecular complexity index is 1300. The first-order chi connectivity index (χ1) is 19.5. The van der Waals surface area contributed by atoms with Crippen molar-refractivity contribution in [1.29, 1.82) is 0 Å². The number of carbonyl (C=O) groups is 4. The Morgan fingerprint density at radius 2 is 1.80 bits per heavy atom. The quantitative estimate of drug-likeness (QED) is 0.279.